The lowest BCUT2D eigenvalue weighted by molar-refractivity contribution is 0.479. The summed E-state index contributed by atoms with van der Waals surface area (Å²) in [5, 5.41) is 3.35. The summed E-state index contributed by atoms with van der Waals surface area (Å²) in [5.74, 6) is 1.64. The molecule has 0 aliphatic rings. The molecule has 0 bridgehead atoms. The van der Waals surface area contributed by atoms with Gasteiger partial charge in [-0.2, -0.15) is 0 Å². The molecule has 0 amide bonds. The predicted octanol–water partition coefficient (Wildman–Crippen LogP) is 4.44. The standard InChI is InChI=1S/C16H19BrN2O/c1-11(2)19-10-13-9-15(6-7-18-13)20-14-4-5-16(17)12(3)8-14/h4-9,11,19H,10H2,1-3H3. The van der Waals surface area contributed by atoms with Gasteiger partial charge in [0.1, 0.15) is 11.5 Å². The Bertz CT molecular complexity index is 584. The van der Waals surface area contributed by atoms with Gasteiger partial charge < -0.3 is 10.1 Å². The maximum atomic E-state index is 5.87. The average molecular weight is 335 g/mol. The van der Waals surface area contributed by atoms with Crippen molar-refractivity contribution in [3.8, 4) is 11.5 Å². The molecule has 0 aliphatic heterocycles. The molecule has 0 fully saturated rings. The molecule has 0 aliphatic carbocycles. The van der Waals surface area contributed by atoms with E-state index in [2.05, 4.69) is 40.1 Å². The van der Waals surface area contributed by atoms with E-state index in [1.165, 1.54) is 0 Å². The second-order valence-electron chi connectivity index (χ2n) is 5.03. The maximum absolute atomic E-state index is 5.87. The van der Waals surface area contributed by atoms with E-state index < -0.39 is 0 Å². The zero-order chi connectivity index (χ0) is 14.5. The first-order valence-corrected chi connectivity index (χ1v) is 7.46. The van der Waals surface area contributed by atoms with Crippen molar-refractivity contribution in [3.05, 3.63) is 52.3 Å². The third-order valence-corrected chi connectivity index (χ3v) is 3.73. The molecular weight excluding hydrogens is 316 g/mol. The lowest BCUT2D eigenvalue weighted by Crippen LogP contribution is -2.22. The van der Waals surface area contributed by atoms with Crippen LogP contribution >= 0.6 is 15.9 Å². The molecule has 0 saturated carbocycles. The first-order valence-electron chi connectivity index (χ1n) is 6.67. The van der Waals surface area contributed by atoms with Crippen LogP contribution < -0.4 is 10.1 Å². The quantitative estimate of drug-likeness (QED) is 0.877. The zero-order valence-electron chi connectivity index (χ0n) is 12.0. The predicted molar refractivity (Wildman–Crippen MR) is 85.2 cm³/mol. The van der Waals surface area contributed by atoms with E-state index in [1.54, 1.807) is 6.20 Å². The summed E-state index contributed by atoms with van der Waals surface area (Å²) in [7, 11) is 0. The number of ether oxygens (including phenoxy) is 1. The highest BCUT2D eigenvalue weighted by molar-refractivity contribution is 9.10. The number of pyridine rings is 1. The van der Waals surface area contributed by atoms with Gasteiger partial charge in [0.15, 0.2) is 0 Å². The molecule has 4 heteroatoms. The molecule has 106 valence electrons. The summed E-state index contributed by atoms with van der Waals surface area (Å²) in [6.45, 7) is 7.02. The smallest absolute Gasteiger partial charge is 0.130 e. The van der Waals surface area contributed by atoms with Crippen molar-refractivity contribution in [3.63, 3.8) is 0 Å². The largest absolute Gasteiger partial charge is 0.457 e. The molecule has 0 radical (unpaired) electrons. The number of benzene rings is 1. The number of rotatable bonds is 5. The number of nitrogens with zero attached hydrogens (tertiary/aromatic N) is 1. The zero-order valence-corrected chi connectivity index (χ0v) is 13.6. The van der Waals surface area contributed by atoms with E-state index in [9.17, 15) is 0 Å². The Kier molecular flexibility index (Phi) is 5.15. The van der Waals surface area contributed by atoms with Crippen LogP contribution in [0.25, 0.3) is 0 Å². The molecule has 3 nitrogen and oxygen atoms in total. The van der Waals surface area contributed by atoms with E-state index in [-0.39, 0.29) is 0 Å². The lowest BCUT2D eigenvalue weighted by atomic mass is 10.2. The fraction of sp³-hybridized carbons (Fsp3) is 0.312. The van der Waals surface area contributed by atoms with Gasteiger partial charge in [-0.1, -0.05) is 29.8 Å². The Morgan fingerprint density at radius 3 is 2.65 bits per heavy atom. The molecule has 2 rings (SSSR count). The molecule has 0 unspecified atom stereocenters. The highest BCUT2D eigenvalue weighted by atomic mass is 79.9. The normalized spacial score (nSPS) is 10.8. The van der Waals surface area contributed by atoms with Gasteiger partial charge in [-0.05, 0) is 36.8 Å². The van der Waals surface area contributed by atoms with Crippen molar-refractivity contribution in [2.75, 3.05) is 0 Å². The Labute approximate surface area is 128 Å². The first-order chi connectivity index (χ1) is 9.54. The second-order valence-corrected chi connectivity index (χ2v) is 5.89. The third kappa shape index (κ3) is 4.32. The minimum atomic E-state index is 0.440. The van der Waals surface area contributed by atoms with Crippen molar-refractivity contribution < 1.29 is 4.74 Å². The summed E-state index contributed by atoms with van der Waals surface area (Å²) in [5.41, 5.74) is 2.13. The lowest BCUT2D eigenvalue weighted by Gasteiger charge is -2.10. The minimum Gasteiger partial charge on any atom is -0.457 e. The SMILES string of the molecule is Cc1cc(Oc2ccnc(CNC(C)C)c2)ccc1Br. The fourth-order valence-corrected chi connectivity index (χ4v) is 1.99. The van der Waals surface area contributed by atoms with E-state index in [1.807, 2.05) is 37.3 Å². The van der Waals surface area contributed by atoms with Crippen molar-refractivity contribution in [1.29, 1.82) is 0 Å². The Morgan fingerprint density at radius 1 is 1.20 bits per heavy atom. The van der Waals surface area contributed by atoms with E-state index in [0.29, 0.717) is 6.04 Å². The number of aryl methyl sites for hydroxylation is 1. The topological polar surface area (TPSA) is 34.1 Å². The van der Waals surface area contributed by atoms with Crippen LogP contribution in [0.15, 0.2) is 41.0 Å². The number of hydrogen-bond acceptors (Lipinski definition) is 3. The van der Waals surface area contributed by atoms with Crippen LogP contribution in [0.3, 0.4) is 0 Å². The number of aromatic nitrogens is 1. The molecule has 0 saturated heterocycles. The number of nitrogens with one attached hydrogen (secondary N) is 1. The molecule has 0 spiro atoms. The van der Waals surface area contributed by atoms with Crippen LogP contribution in [0.2, 0.25) is 0 Å². The summed E-state index contributed by atoms with van der Waals surface area (Å²) < 4.78 is 6.96. The van der Waals surface area contributed by atoms with Crippen LogP contribution in [-0.2, 0) is 6.54 Å². The molecule has 1 aromatic heterocycles. The van der Waals surface area contributed by atoms with Crippen LogP contribution in [0.5, 0.6) is 11.5 Å². The number of hydrogen-bond donors (Lipinski definition) is 1. The minimum absolute atomic E-state index is 0.440. The van der Waals surface area contributed by atoms with Crippen LogP contribution in [0.4, 0.5) is 0 Å². The summed E-state index contributed by atoms with van der Waals surface area (Å²) in [6.07, 6.45) is 1.78. The summed E-state index contributed by atoms with van der Waals surface area (Å²) in [6, 6.07) is 10.2. The van der Waals surface area contributed by atoms with Crippen molar-refractivity contribution in [2.24, 2.45) is 0 Å². The van der Waals surface area contributed by atoms with Gasteiger partial charge in [0.2, 0.25) is 0 Å². The van der Waals surface area contributed by atoms with Crippen LogP contribution in [-0.4, -0.2) is 11.0 Å². The summed E-state index contributed by atoms with van der Waals surface area (Å²) >= 11 is 3.49. The van der Waals surface area contributed by atoms with Crippen LogP contribution in [0.1, 0.15) is 25.1 Å². The van der Waals surface area contributed by atoms with Gasteiger partial charge in [-0.15, -0.1) is 0 Å². The molecular formula is C16H19BrN2O. The van der Waals surface area contributed by atoms with Gasteiger partial charge in [0.25, 0.3) is 0 Å². The van der Waals surface area contributed by atoms with Crippen LogP contribution in [0, 0.1) is 6.92 Å². The molecule has 1 aromatic carbocycles. The highest BCUT2D eigenvalue weighted by Gasteiger charge is 2.03. The van der Waals surface area contributed by atoms with Gasteiger partial charge in [-0.25, -0.2) is 0 Å². The molecule has 20 heavy (non-hydrogen) atoms. The second kappa shape index (κ2) is 6.86. The Morgan fingerprint density at radius 2 is 1.95 bits per heavy atom. The molecule has 0 atom stereocenters. The number of halogens is 1. The molecule has 2 aromatic rings. The fourth-order valence-electron chi connectivity index (χ4n) is 1.74. The van der Waals surface area contributed by atoms with Gasteiger partial charge >= 0.3 is 0 Å². The monoisotopic (exact) mass is 334 g/mol. The average Bonchev–Trinajstić information content (AvgIpc) is 2.41. The van der Waals surface area contributed by atoms with Gasteiger partial charge in [0.05, 0.1) is 5.69 Å². The molecule has 1 N–H and O–H groups in total. The van der Waals surface area contributed by atoms with E-state index in [4.69, 9.17) is 4.74 Å². The first kappa shape index (κ1) is 15.0. The van der Waals surface area contributed by atoms with Gasteiger partial charge in [0, 0.05) is 29.3 Å². The Balaban J connectivity index is 2.08. The molecule has 1 heterocycles. The maximum Gasteiger partial charge on any atom is 0.130 e. The summed E-state index contributed by atoms with van der Waals surface area (Å²) in [4.78, 5) is 4.33. The van der Waals surface area contributed by atoms with Crippen molar-refractivity contribution >= 4 is 15.9 Å². The van der Waals surface area contributed by atoms with Crippen molar-refractivity contribution in [2.45, 2.75) is 33.4 Å². The Hall–Kier alpha value is -1.39. The van der Waals surface area contributed by atoms with Crippen molar-refractivity contribution in [1.82, 2.24) is 10.3 Å². The van der Waals surface area contributed by atoms with E-state index >= 15 is 0 Å². The highest BCUT2D eigenvalue weighted by Crippen LogP contribution is 2.26. The van der Waals surface area contributed by atoms with E-state index in [0.717, 1.165) is 33.8 Å². The third-order valence-electron chi connectivity index (χ3n) is 2.84. The van der Waals surface area contributed by atoms with Gasteiger partial charge in [-0.3, -0.25) is 4.98 Å².